The molecule has 2 saturated heterocycles. The molecule has 0 radical (unpaired) electrons. The molecule has 254 valence electrons. The summed E-state index contributed by atoms with van der Waals surface area (Å²) >= 11 is 14.8. The number of carbonyl (C=O) groups excluding carboxylic acids is 4. The van der Waals surface area contributed by atoms with Gasteiger partial charge in [0.05, 0.1) is 23.2 Å². The van der Waals surface area contributed by atoms with E-state index in [0.717, 1.165) is 17.0 Å². The largest absolute Gasteiger partial charge is 0.508 e. The number of benzene rings is 4. The van der Waals surface area contributed by atoms with E-state index >= 15 is 0 Å². The molecule has 1 N–H and O–H groups in total. The van der Waals surface area contributed by atoms with Crippen molar-refractivity contribution in [2.75, 3.05) is 9.80 Å². The number of phenolic OH excluding ortho intramolecular Hbond substituents is 1. The maximum Gasteiger partial charge on any atom is 0.258 e. The van der Waals surface area contributed by atoms with Gasteiger partial charge in [-0.15, -0.1) is 23.2 Å². The highest BCUT2D eigenvalue weighted by Crippen LogP contribution is 2.66. The van der Waals surface area contributed by atoms with Gasteiger partial charge in [-0.3, -0.25) is 24.1 Å². The summed E-state index contributed by atoms with van der Waals surface area (Å²) in [6.07, 6.45) is 1.83. The number of halogens is 3. The van der Waals surface area contributed by atoms with Gasteiger partial charge in [-0.2, -0.15) is 0 Å². The molecule has 51 heavy (non-hydrogen) atoms. The summed E-state index contributed by atoms with van der Waals surface area (Å²) in [4.78, 5) is 59.7. The first-order chi connectivity index (χ1) is 24.5. The highest BCUT2D eigenvalue weighted by Gasteiger charge is 2.76. The van der Waals surface area contributed by atoms with Crippen LogP contribution in [0.3, 0.4) is 0 Å². The van der Waals surface area contributed by atoms with Crippen molar-refractivity contribution >= 4 is 69.3 Å². The molecule has 0 bridgehead atoms. The summed E-state index contributed by atoms with van der Waals surface area (Å²) in [5.41, 5.74) is 3.57. The van der Waals surface area contributed by atoms with Crippen LogP contribution in [0.5, 0.6) is 5.75 Å². The quantitative estimate of drug-likeness (QED) is 0.119. The molecule has 9 nitrogen and oxygen atoms in total. The lowest BCUT2D eigenvalue weighted by molar-refractivity contribution is -0.125. The van der Waals surface area contributed by atoms with Crippen LogP contribution >= 0.6 is 23.2 Å². The topological polar surface area (TPSA) is 121 Å². The Balaban J connectivity index is 1.11. The second-order valence-corrected chi connectivity index (χ2v) is 14.6. The summed E-state index contributed by atoms with van der Waals surface area (Å²) in [5, 5.41) is 10.1. The van der Waals surface area contributed by atoms with Gasteiger partial charge in [0, 0.05) is 11.5 Å². The lowest BCUT2D eigenvalue weighted by atomic mass is 9.56. The van der Waals surface area contributed by atoms with Crippen LogP contribution in [0.25, 0.3) is 22.6 Å². The number of amides is 4. The Hall–Kier alpha value is -5.32. The molecule has 12 heteroatoms. The highest BCUT2D eigenvalue weighted by molar-refractivity contribution is 6.58. The molecule has 1 saturated carbocycles. The lowest BCUT2D eigenvalue weighted by Gasteiger charge is -2.50. The zero-order chi connectivity index (χ0) is 35.4. The highest BCUT2D eigenvalue weighted by atomic mass is 35.5. The first-order valence-electron chi connectivity index (χ1n) is 16.4. The van der Waals surface area contributed by atoms with Crippen LogP contribution in [0.4, 0.5) is 15.8 Å². The van der Waals surface area contributed by atoms with E-state index in [0.29, 0.717) is 39.4 Å². The van der Waals surface area contributed by atoms with Gasteiger partial charge in [-0.05, 0) is 97.1 Å². The maximum atomic E-state index is 14.4. The molecule has 4 amide bonds. The number of carbonyl (C=O) groups is 4. The number of alkyl halides is 2. The zero-order valence-electron chi connectivity index (χ0n) is 26.5. The number of aromatic nitrogens is 1. The van der Waals surface area contributed by atoms with Gasteiger partial charge in [-0.25, -0.2) is 14.3 Å². The normalized spacial score (nSPS) is 28.6. The molecule has 6 atom stereocenters. The van der Waals surface area contributed by atoms with Crippen molar-refractivity contribution in [3.8, 4) is 17.2 Å². The van der Waals surface area contributed by atoms with Crippen LogP contribution in [0.15, 0.2) is 113 Å². The number of oxazole rings is 1. The average Bonchev–Trinajstić information content (AvgIpc) is 3.72. The number of hydrogen-bond acceptors (Lipinski definition) is 7. The molecule has 1 aromatic heterocycles. The van der Waals surface area contributed by atoms with Crippen molar-refractivity contribution in [1.29, 1.82) is 0 Å². The summed E-state index contributed by atoms with van der Waals surface area (Å²) in [7, 11) is 0. The van der Waals surface area contributed by atoms with Gasteiger partial charge in [0.25, 0.3) is 11.8 Å². The minimum Gasteiger partial charge on any atom is -0.508 e. The summed E-state index contributed by atoms with van der Waals surface area (Å²) in [5.74, 6) is -6.00. The van der Waals surface area contributed by atoms with Gasteiger partial charge in [0.15, 0.2) is 15.3 Å². The molecule has 2 aliphatic heterocycles. The number of para-hydroxylation sites is 2. The molecule has 9 rings (SSSR count). The number of imide groups is 2. The van der Waals surface area contributed by atoms with Crippen molar-refractivity contribution in [2.24, 2.45) is 17.8 Å². The van der Waals surface area contributed by atoms with Crippen LogP contribution in [0.2, 0.25) is 0 Å². The third-order valence-corrected chi connectivity index (χ3v) is 12.2. The van der Waals surface area contributed by atoms with Crippen LogP contribution in [-0.4, -0.2) is 43.5 Å². The smallest absolute Gasteiger partial charge is 0.258 e. The first kappa shape index (κ1) is 31.6. The minimum absolute atomic E-state index is 0.0272. The third kappa shape index (κ3) is 4.36. The average molecular weight is 723 g/mol. The number of nitrogens with zero attached hydrogens (tertiary/aromatic N) is 3. The third-order valence-electron chi connectivity index (χ3n) is 10.8. The van der Waals surface area contributed by atoms with Crippen LogP contribution in [-0.2, 0) is 19.2 Å². The van der Waals surface area contributed by atoms with E-state index < -0.39 is 57.0 Å². The predicted molar refractivity (Wildman–Crippen MR) is 187 cm³/mol. The van der Waals surface area contributed by atoms with E-state index in [1.807, 2.05) is 30.3 Å². The molecule has 3 fully saturated rings. The van der Waals surface area contributed by atoms with Gasteiger partial charge < -0.3 is 9.52 Å². The zero-order valence-corrected chi connectivity index (χ0v) is 28.0. The van der Waals surface area contributed by atoms with Crippen molar-refractivity contribution in [3.05, 3.63) is 120 Å². The number of hydrogen-bond donors (Lipinski definition) is 1. The molecule has 0 unspecified atom stereocenters. The molecular formula is C39H26Cl2FN3O6. The standard InChI is InChI=1S/C39H26Cl2FN3O6/c40-38-19-28-26(32(20-7-15-25(46)16-8-20)39(38,41)37(50)45(36(38)49)24-13-9-22(42)10-14-24)17-18-27-31(28)35(48)44(34(27)47)23-11-5-21(6-12-23)33-43-29-3-1-2-4-30(29)51-33/h1-17,27-28,31-32,46H,18-19H2/t27-,28+,31-,32-,38+,39-/m0/s1. The Kier molecular flexibility index (Phi) is 6.88. The molecule has 5 aromatic rings. The lowest BCUT2D eigenvalue weighted by Crippen LogP contribution is -2.60. The van der Waals surface area contributed by atoms with Gasteiger partial charge in [-0.1, -0.05) is 35.9 Å². The van der Waals surface area contributed by atoms with Crippen molar-refractivity contribution < 1.29 is 33.1 Å². The molecule has 0 spiro atoms. The second kappa shape index (κ2) is 11.1. The van der Waals surface area contributed by atoms with Crippen LogP contribution in [0.1, 0.15) is 24.3 Å². The second-order valence-electron chi connectivity index (χ2n) is 13.4. The number of phenols is 1. The molecule has 2 aliphatic carbocycles. The monoisotopic (exact) mass is 721 g/mol. The predicted octanol–water partition coefficient (Wildman–Crippen LogP) is 7.11. The number of allylic oxidation sites excluding steroid dienone is 2. The van der Waals surface area contributed by atoms with Crippen LogP contribution in [0, 0.1) is 23.6 Å². The van der Waals surface area contributed by atoms with E-state index in [9.17, 15) is 28.7 Å². The molecule has 4 aliphatic rings. The van der Waals surface area contributed by atoms with Gasteiger partial charge >= 0.3 is 0 Å². The summed E-state index contributed by atoms with van der Waals surface area (Å²) in [6.45, 7) is 0. The Morgan fingerprint density at radius 1 is 0.784 bits per heavy atom. The first-order valence-corrected chi connectivity index (χ1v) is 17.1. The number of rotatable bonds is 4. The van der Waals surface area contributed by atoms with E-state index in [-0.39, 0.29) is 30.2 Å². The van der Waals surface area contributed by atoms with Crippen molar-refractivity contribution in [3.63, 3.8) is 0 Å². The van der Waals surface area contributed by atoms with Gasteiger partial charge in [0.1, 0.15) is 17.1 Å². The van der Waals surface area contributed by atoms with E-state index in [1.54, 1.807) is 36.4 Å². The molecular weight excluding hydrogens is 696 g/mol. The van der Waals surface area contributed by atoms with E-state index in [4.69, 9.17) is 27.6 Å². The Morgan fingerprint density at radius 2 is 1.45 bits per heavy atom. The van der Waals surface area contributed by atoms with Crippen molar-refractivity contribution in [2.45, 2.75) is 28.5 Å². The molecule has 3 heterocycles. The molecule has 4 aromatic carbocycles. The SMILES string of the molecule is O=C1[C@H]2[C@H](CC=C3[C@H]2C[C@@]2(Cl)C(=O)N(c4ccc(F)cc4)C(=O)[C@@]2(Cl)[C@H]3c2ccc(O)cc2)C(=O)N1c1ccc(-c2nc3ccccc3o2)cc1. The fourth-order valence-electron chi connectivity index (χ4n) is 8.44. The number of aromatic hydroxyl groups is 1. The fraction of sp³-hybridized carbons (Fsp3) is 0.205. The van der Waals surface area contributed by atoms with E-state index in [1.165, 1.54) is 29.2 Å². The summed E-state index contributed by atoms with van der Waals surface area (Å²) in [6, 6.07) is 25.1. The minimum atomic E-state index is -2.06. The fourth-order valence-corrected chi connectivity index (χ4v) is 9.38. The Bertz CT molecular complexity index is 2310. The Morgan fingerprint density at radius 3 is 2.16 bits per heavy atom. The van der Waals surface area contributed by atoms with Gasteiger partial charge in [0.2, 0.25) is 17.7 Å². The Labute approximate surface area is 299 Å². The number of anilines is 2. The maximum absolute atomic E-state index is 14.4. The van der Waals surface area contributed by atoms with Crippen molar-refractivity contribution in [1.82, 2.24) is 4.98 Å². The van der Waals surface area contributed by atoms with E-state index in [2.05, 4.69) is 4.98 Å². The summed E-state index contributed by atoms with van der Waals surface area (Å²) < 4.78 is 19.8. The van der Waals surface area contributed by atoms with Crippen LogP contribution < -0.4 is 9.80 Å². The number of fused-ring (bicyclic) bond motifs is 5.